The summed E-state index contributed by atoms with van der Waals surface area (Å²) in [7, 11) is -3.81. The van der Waals surface area contributed by atoms with E-state index in [4.69, 9.17) is 5.14 Å². The summed E-state index contributed by atoms with van der Waals surface area (Å²) >= 11 is 0. The highest BCUT2D eigenvalue weighted by atomic mass is 32.2. The zero-order valence-corrected chi connectivity index (χ0v) is 15.3. The molecule has 0 saturated carbocycles. The van der Waals surface area contributed by atoms with E-state index >= 15 is 0 Å². The number of nitrogens with two attached hydrogens (primary N) is 1. The van der Waals surface area contributed by atoms with Gasteiger partial charge in [-0.25, -0.2) is 13.6 Å². The number of carbonyl (C=O) groups excluding carboxylic acids is 2. The zero-order valence-electron chi connectivity index (χ0n) is 14.5. The second-order valence-electron chi connectivity index (χ2n) is 5.87. The van der Waals surface area contributed by atoms with Gasteiger partial charge in [0, 0.05) is 11.4 Å². The summed E-state index contributed by atoms with van der Waals surface area (Å²) < 4.78 is 22.4. The van der Waals surface area contributed by atoms with Crippen LogP contribution in [0.3, 0.4) is 0 Å². The van der Waals surface area contributed by atoms with Gasteiger partial charge in [0.1, 0.15) is 0 Å². The molecule has 0 heterocycles. The smallest absolute Gasteiger partial charge is 0.314 e. The Morgan fingerprint density at radius 1 is 1.00 bits per heavy atom. The molecule has 0 aliphatic carbocycles. The lowest BCUT2D eigenvalue weighted by Gasteiger charge is -2.15. The summed E-state index contributed by atoms with van der Waals surface area (Å²) in [6, 6.07) is 12.5. The van der Waals surface area contributed by atoms with Gasteiger partial charge >= 0.3 is 11.8 Å². The largest absolute Gasteiger partial charge is 0.318 e. The maximum absolute atomic E-state index is 12.2. The van der Waals surface area contributed by atoms with Crippen LogP contribution in [0.4, 0.5) is 11.4 Å². The third kappa shape index (κ3) is 4.90. The lowest BCUT2D eigenvalue weighted by atomic mass is 9.97. The second-order valence-corrected chi connectivity index (χ2v) is 7.44. The fourth-order valence-electron chi connectivity index (χ4n) is 2.36. The molecule has 4 N–H and O–H groups in total. The third-order valence-electron chi connectivity index (χ3n) is 4.00. The normalized spacial score (nSPS) is 12.3. The molecule has 0 aromatic heterocycles. The molecule has 2 aromatic carbocycles. The van der Waals surface area contributed by atoms with Crippen molar-refractivity contribution in [3.8, 4) is 0 Å². The molecule has 2 rings (SSSR count). The molecule has 0 aliphatic rings. The van der Waals surface area contributed by atoms with Crippen molar-refractivity contribution < 1.29 is 18.0 Å². The highest BCUT2D eigenvalue weighted by Crippen LogP contribution is 2.26. The molecule has 0 saturated heterocycles. The summed E-state index contributed by atoms with van der Waals surface area (Å²) in [6.07, 6.45) is 0.898. The maximum Gasteiger partial charge on any atom is 0.314 e. The van der Waals surface area contributed by atoms with Crippen LogP contribution >= 0.6 is 0 Å². The molecular formula is C18H21N3O4S. The van der Waals surface area contributed by atoms with Crippen LogP contribution in [0.15, 0.2) is 53.4 Å². The fourth-order valence-corrected chi connectivity index (χ4v) is 2.87. The van der Waals surface area contributed by atoms with Crippen molar-refractivity contribution in [3.05, 3.63) is 54.1 Å². The number of rotatable bonds is 5. The van der Waals surface area contributed by atoms with Gasteiger partial charge in [0.15, 0.2) is 0 Å². The van der Waals surface area contributed by atoms with E-state index in [9.17, 15) is 18.0 Å². The summed E-state index contributed by atoms with van der Waals surface area (Å²) in [5, 5.41) is 10.0. The van der Waals surface area contributed by atoms with Gasteiger partial charge in [-0.1, -0.05) is 32.0 Å². The molecule has 1 atom stereocenters. The van der Waals surface area contributed by atoms with Crippen LogP contribution in [-0.4, -0.2) is 20.2 Å². The Morgan fingerprint density at radius 3 is 2.15 bits per heavy atom. The first kappa shape index (κ1) is 19.6. The Hall–Kier alpha value is -2.71. The Labute approximate surface area is 152 Å². The van der Waals surface area contributed by atoms with E-state index in [-0.39, 0.29) is 16.5 Å². The van der Waals surface area contributed by atoms with E-state index < -0.39 is 21.8 Å². The SMILES string of the molecule is CCC(C)c1ccccc1NC(=O)C(=O)Nc1ccc(S(N)(=O)=O)cc1. The van der Waals surface area contributed by atoms with Gasteiger partial charge in [0.05, 0.1) is 4.90 Å². The molecule has 7 nitrogen and oxygen atoms in total. The van der Waals surface area contributed by atoms with Crippen LogP contribution < -0.4 is 15.8 Å². The minimum Gasteiger partial charge on any atom is -0.318 e. The van der Waals surface area contributed by atoms with Gasteiger partial charge in [-0.2, -0.15) is 0 Å². The minimum atomic E-state index is -3.81. The number of amides is 2. The van der Waals surface area contributed by atoms with E-state index in [1.807, 2.05) is 26.0 Å². The second kappa shape index (κ2) is 8.11. The number of sulfonamides is 1. The molecule has 0 aliphatic heterocycles. The van der Waals surface area contributed by atoms with Gasteiger partial charge in [-0.3, -0.25) is 9.59 Å². The fraction of sp³-hybridized carbons (Fsp3) is 0.222. The molecule has 26 heavy (non-hydrogen) atoms. The molecule has 0 fully saturated rings. The van der Waals surface area contributed by atoms with E-state index in [2.05, 4.69) is 10.6 Å². The third-order valence-corrected chi connectivity index (χ3v) is 4.93. The topological polar surface area (TPSA) is 118 Å². The van der Waals surface area contributed by atoms with Crippen molar-refractivity contribution in [3.63, 3.8) is 0 Å². The summed E-state index contributed by atoms with van der Waals surface area (Å²) in [6.45, 7) is 4.08. The zero-order chi connectivity index (χ0) is 19.3. The Kier molecular flexibility index (Phi) is 6.12. The number of benzene rings is 2. The number of anilines is 2. The van der Waals surface area contributed by atoms with Crippen molar-refractivity contribution in [1.29, 1.82) is 0 Å². The lowest BCUT2D eigenvalue weighted by molar-refractivity contribution is -0.133. The van der Waals surface area contributed by atoms with Crippen molar-refractivity contribution in [2.75, 3.05) is 10.6 Å². The van der Waals surface area contributed by atoms with Gasteiger partial charge < -0.3 is 10.6 Å². The van der Waals surface area contributed by atoms with Gasteiger partial charge in [0.25, 0.3) is 0 Å². The van der Waals surface area contributed by atoms with Crippen LogP contribution in [0.2, 0.25) is 0 Å². The van der Waals surface area contributed by atoms with Crippen molar-refractivity contribution in [1.82, 2.24) is 0 Å². The number of primary sulfonamides is 1. The first-order valence-electron chi connectivity index (χ1n) is 8.06. The van der Waals surface area contributed by atoms with Crippen LogP contribution in [0, 0.1) is 0 Å². The molecule has 0 spiro atoms. The first-order chi connectivity index (χ1) is 12.2. The molecule has 138 valence electrons. The Bertz CT molecular complexity index is 908. The molecular weight excluding hydrogens is 354 g/mol. The number of carbonyl (C=O) groups is 2. The van der Waals surface area contributed by atoms with Crippen LogP contribution in [-0.2, 0) is 19.6 Å². The standard InChI is InChI=1S/C18H21N3O4S/c1-3-12(2)15-6-4-5-7-16(15)21-18(23)17(22)20-13-8-10-14(11-9-13)26(19,24)25/h4-12H,3H2,1-2H3,(H,20,22)(H,21,23)(H2,19,24,25). The van der Waals surface area contributed by atoms with Gasteiger partial charge in [0.2, 0.25) is 10.0 Å². The van der Waals surface area contributed by atoms with E-state index in [0.717, 1.165) is 12.0 Å². The molecule has 8 heteroatoms. The van der Waals surface area contributed by atoms with Gasteiger partial charge in [-0.05, 0) is 48.2 Å². The van der Waals surface area contributed by atoms with Crippen molar-refractivity contribution in [2.45, 2.75) is 31.1 Å². The lowest BCUT2D eigenvalue weighted by Crippen LogP contribution is -2.29. The molecule has 2 aromatic rings. The van der Waals surface area contributed by atoms with Crippen LogP contribution in [0.25, 0.3) is 0 Å². The predicted octanol–water partition coefficient (Wildman–Crippen LogP) is 2.42. The minimum absolute atomic E-state index is 0.0811. The average Bonchev–Trinajstić information content (AvgIpc) is 2.61. The molecule has 2 amide bonds. The van der Waals surface area contributed by atoms with Crippen LogP contribution in [0.5, 0.6) is 0 Å². The quantitative estimate of drug-likeness (QED) is 0.695. The maximum atomic E-state index is 12.2. The number of hydrogen-bond donors (Lipinski definition) is 3. The van der Waals surface area contributed by atoms with Crippen molar-refractivity contribution >= 4 is 33.2 Å². The Balaban J connectivity index is 2.08. The summed E-state index contributed by atoms with van der Waals surface area (Å²) in [5.74, 6) is -1.43. The average molecular weight is 375 g/mol. The number of hydrogen-bond acceptors (Lipinski definition) is 4. The summed E-state index contributed by atoms with van der Waals surface area (Å²) in [4.78, 5) is 24.2. The molecule has 0 radical (unpaired) electrons. The highest BCUT2D eigenvalue weighted by Gasteiger charge is 2.17. The molecule has 0 bridgehead atoms. The van der Waals surface area contributed by atoms with E-state index in [1.165, 1.54) is 24.3 Å². The number of nitrogens with one attached hydrogen (secondary N) is 2. The monoisotopic (exact) mass is 375 g/mol. The molecule has 1 unspecified atom stereocenters. The van der Waals surface area contributed by atoms with E-state index in [1.54, 1.807) is 12.1 Å². The Morgan fingerprint density at radius 2 is 1.58 bits per heavy atom. The summed E-state index contributed by atoms with van der Waals surface area (Å²) in [5.41, 5.74) is 1.83. The first-order valence-corrected chi connectivity index (χ1v) is 9.61. The highest BCUT2D eigenvalue weighted by molar-refractivity contribution is 7.89. The van der Waals surface area contributed by atoms with Crippen LogP contribution in [0.1, 0.15) is 31.7 Å². The van der Waals surface area contributed by atoms with Crippen molar-refractivity contribution in [2.24, 2.45) is 5.14 Å². The number of para-hydroxylation sites is 1. The van der Waals surface area contributed by atoms with Gasteiger partial charge in [-0.15, -0.1) is 0 Å². The van der Waals surface area contributed by atoms with E-state index in [0.29, 0.717) is 5.69 Å². The predicted molar refractivity (Wildman–Crippen MR) is 100 cm³/mol.